The fourth-order valence-electron chi connectivity index (χ4n) is 7.60. The van der Waals surface area contributed by atoms with Crippen LogP contribution in [0.15, 0.2) is 6.20 Å². The van der Waals surface area contributed by atoms with E-state index in [1.54, 1.807) is 110 Å². The minimum Gasteiger partial charge on any atom is -0.444 e. The molecule has 9 N–H and O–H groups in total. The average molecular weight is 1110 g/mol. The Hall–Kier alpha value is -4.83. The number of hydrogen-bond acceptors (Lipinski definition) is 20. The Morgan fingerprint density at radius 1 is 0.636 bits per heavy atom. The SMILES string of the molecule is CC(OC1OC(CNC(=O)OC(C)(C)C)C(O)C[C@@H]1NC(=O)OC(C)(C)C)C(CC(NC(=O)OC(C)(C)C)[C@H](O)OC1OC(Cn2cc(C(C)(C)C(C)C)nn2)C(O)C(NC(=O)OC(C)(C)C)C1O)NC(=O)OC(C)(C)C. The number of carbonyl (C=O) groups excluding carboxylic acids is 5. The molecule has 444 valence electrons. The highest BCUT2D eigenvalue weighted by atomic mass is 16.7. The zero-order valence-corrected chi connectivity index (χ0v) is 48.8. The number of aliphatic hydroxyl groups is 4. The van der Waals surface area contributed by atoms with Crippen LogP contribution in [-0.4, -0.2) is 180 Å². The summed E-state index contributed by atoms with van der Waals surface area (Å²) in [6.07, 6.45) is -17.5. The second-order valence-electron chi connectivity index (χ2n) is 25.5. The molecular weight excluding hydrogens is 1010 g/mol. The van der Waals surface area contributed by atoms with Crippen LogP contribution in [0.2, 0.25) is 0 Å². The Kier molecular flexibility index (Phi) is 22.8. The Labute approximate surface area is 453 Å². The molecule has 0 aliphatic carbocycles. The fraction of sp³-hybridized carbons (Fsp3) is 0.863. The van der Waals surface area contributed by atoms with Gasteiger partial charge in [-0.05, 0) is 123 Å². The molecule has 2 saturated heterocycles. The van der Waals surface area contributed by atoms with Crippen molar-refractivity contribution in [3.05, 3.63) is 11.9 Å². The van der Waals surface area contributed by atoms with Crippen molar-refractivity contribution in [3.8, 4) is 0 Å². The number of amides is 5. The van der Waals surface area contributed by atoms with Crippen molar-refractivity contribution in [2.45, 2.75) is 271 Å². The summed E-state index contributed by atoms with van der Waals surface area (Å²) in [7, 11) is 0. The number of ether oxygens (including phenoxy) is 9. The zero-order valence-electron chi connectivity index (χ0n) is 48.8. The van der Waals surface area contributed by atoms with Gasteiger partial charge in [-0.3, -0.25) is 0 Å². The van der Waals surface area contributed by atoms with E-state index in [0.29, 0.717) is 5.69 Å². The van der Waals surface area contributed by atoms with Crippen LogP contribution in [0.4, 0.5) is 24.0 Å². The molecular formula is C51H92N8O18. The van der Waals surface area contributed by atoms with Gasteiger partial charge in [0.05, 0.1) is 48.6 Å². The molecule has 0 bridgehead atoms. The number of rotatable bonds is 18. The predicted octanol–water partition coefficient (Wildman–Crippen LogP) is 4.36. The van der Waals surface area contributed by atoms with E-state index in [4.69, 9.17) is 42.6 Å². The van der Waals surface area contributed by atoms with Crippen LogP contribution in [0.25, 0.3) is 0 Å². The van der Waals surface area contributed by atoms with Gasteiger partial charge >= 0.3 is 30.5 Å². The van der Waals surface area contributed by atoms with Gasteiger partial charge in [0, 0.05) is 24.6 Å². The quantitative estimate of drug-likeness (QED) is 0.0728. The van der Waals surface area contributed by atoms with E-state index in [0.717, 1.165) is 0 Å². The summed E-state index contributed by atoms with van der Waals surface area (Å²) in [6, 6.07) is -5.50. The van der Waals surface area contributed by atoms with Crippen LogP contribution in [-0.2, 0) is 54.6 Å². The summed E-state index contributed by atoms with van der Waals surface area (Å²) in [6.45, 7) is 33.7. The maximum atomic E-state index is 13.7. The molecule has 5 amide bonds. The summed E-state index contributed by atoms with van der Waals surface area (Å²) in [5, 5.41) is 68.6. The number of nitrogens with zero attached hydrogens (tertiary/aromatic N) is 3. The van der Waals surface area contributed by atoms with E-state index in [2.05, 4.69) is 36.9 Å². The molecule has 0 saturated carbocycles. The molecule has 0 radical (unpaired) electrons. The van der Waals surface area contributed by atoms with E-state index in [-0.39, 0.29) is 25.4 Å². The number of alkyl carbamates (subject to hydrolysis) is 5. The van der Waals surface area contributed by atoms with Gasteiger partial charge in [0.1, 0.15) is 52.4 Å². The Morgan fingerprint density at radius 2 is 1.10 bits per heavy atom. The molecule has 1 aromatic rings. The topological polar surface area (TPSA) is 340 Å². The third-order valence-electron chi connectivity index (χ3n) is 12.0. The molecule has 26 heteroatoms. The average Bonchev–Trinajstić information content (AvgIpc) is 3.70. The van der Waals surface area contributed by atoms with Crippen LogP contribution in [0.3, 0.4) is 0 Å². The number of aliphatic hydroxyl groups excluding tert-OH is 4. The number of nitrogens with one attached hydrogen (secondary N) is 5. The van der Waals surface area contributed by atoms with Crippen LogP contribution in [0.5, 0.6) is 0 Å². The fourth-order valence-corrected chi connectivity index (χ4v) is 7.60. The monoisotopic (exact) mass is 1100 g/mol. The van der Waals surface area contributed by atoms with Gasteiger partial charge in [0.25, 0.3) is 0 Å². The lowest BCUT2D eigenvalue weighted by Crippen LogP contribution is -2.66. The maximum Gasteiger partial charge on any atom is 0.408 e. The van der Waals surface area contributed by atoms with Crippen LogP contribution < -0.4 is 26.6 Å². The number of aromatic nitrogens is 3. The van der Waals surface area contributed by atoms with E-state index >= 15 is 0 Å². The van der Waals surface area contributed by atoms with Crippen molar-refractivity contribution < 1.29 is 87.0 Å². The second-order valence-corrected chi connectivity index (χ2v) is 25.5. The minimum absolute atomic E-state index is 0.163. The van der Waals surface area contributed by atoms with E-state index < -0.39 is 150 Å². The normalized spacial score (nSPS) is 25.3. The summed E-state index contributed by atoms with van der Waals surface area (Å²) < 4.78 is 53.8. The standard InChI is InChI=1S/C51H92N8O18/c1-26(2)51(19,20)34-25-59(58-57-34)24-33-36(61)35(56-45(68)77-50(16,17)18)37(62)40(71-33)72-38(63)29(54-43(66)75-48(10,11)12)21-28(53-42(65)74-47(7,8)9)27(3)69-39-30(55-44(67)76-49(13,14)15)22-31(60)32(70-39)23-52-41(64)73-46(4,5)6/h25-33,35-40,60-63H,21-24H2,1-20H3,(H,52,64)(H,53,65)(H,54,66)(H,55,67)(H,56,68)/t27?,28?,29?,30-,31?,32?,33?,35?,36?,37?,38+,39?,40?/m0/s1. The molecule has 2 aliphatic heterocycles. The highest BCUT2D eigenvalue weighted by molar-refractivity contribution is 5.70. The summed E-state index contributed by atoms with van der Waals surface area (Å²) in [5.74, 6) is 0.163. The molecule has 2 fully saturated rings. The zero-order chi connectivity index (χ0) is 59.0. The van der Waals surface area contributed by atoms with Gasteiger partial charge < -0.3 is 89.6 Å². The first-order valence-corrected chi connectivity index (χ1v) is 26.1. The van der Waals surface area contributed by atoms with Crippen molar-refractivity contribution >= 4 is 30.5 Å². The van der Waals surface area contributed by atoms with Gasteiger partial charge in [-0.15, -0.1) is 5.10 Å². The van der Waals surface area contributed by atoms with Gasteiger partial charge in [-0.2, -0.15) is 0 Å². The third-order valence-corrected chi connectivity index (χ3v) is 12.0. The lowest BCUT2D eigenvalue weighted by Gasteiger charge is -2.44. The third kappa shape index (κ3) is 22.8. The maximum absolute atomic E-state index is 13.7. The molecule has 0 aromatic carbocycles. The predicted molar refractivity (Wildman–Crippen MR) is 277 cm³/mol. The Morgan fingerprint density at radius 3 is 1.61 bits per heavy atom. The Bertz CT molecular complexity index is 2090. The first-order valence-electron chi connectivity index (χ1n) is 26.1. The summed E-state index contributed by atoms with van der Waals surface area (Å²) in [4.78, 5) is 66.4. The van der Waals surface area contributed by atoms with Crippen molar-refractivity contribution in [2.75, 3.05) is 6.54 Å². The van der Waals surface area contributed by atoms with Crippen molar-refractivity contribution in [1.29, 1.82) is 0 Å². The van der Waals surface area contributed by atoms with Gasteiger partial charge in [0.2, 0.25) is 0 Å². The second kappa shape index (κ2) is 26.4. The molecule has 2 aliphatic rings. The van der Waals surface area contributed by atoms with Crippen molar-refractivity contribution in [2.24, 2.45) is 5.92 Å². The van der Waals surface area contributed by atoms with Gasteiger partial charge in [-0.25, -0.2) is 28.7 Å². The Balaban J connectivity index is 2.10. The van der Waals surface area contributed by atoms with Crippen LogP contribution in [0.1, 0.15) is 157 Å². The van der Waals surface area contributed by atoms with E-state index in [1.807, 2.05) is 27.7 Å². The van der Waals surface area contributed by atoms with Crippen LogP contribution >= 0.6 is 0 Å². The first-order chi connectivity index (χ1) is 34.9. The summed E-state index contributed by atoms with van der Waals surface area (Å²) in [5.41, 5.74) is -4.59. The van der Waals surface area contributed by atoms with E-state index in [9.17, 15) is 44.4 Å². The molecule has 26 nitrogen and oxygen atoms in total. The molecule has 0 spiro atoms. The minimum atomic E-state index is -2.15. The molecule has 13 atom stereocenters. The van der Waals surface area contributed by atoms with Gasteiger partial charge in [-0.1, -0.05) is 32.9 Å². The molecule has 11 unspecified atom stereocenters. The molecule has 1 aromatic heterocycles. The van der Waals surface area contributed by atoms with Crippen LogP contribution in [0, 0.1) is 5.92 Å². The van der Waals surface area contributed by atoms with Gasteiger partial charge in [0.15, 0.2) is 18.9 Å². The van der Waals surface area contributed by atoms with Crippen molar-refractivity contribution in [3.63, 3.8) is 0 Å². The van der Waals surface area contributed by atoms with Crippen molar-refractivity contribution in [1.82, 2.24) is 41.6 Å². The highest BCUT2D eigenvalue weighted by Crippen LogP contribution is 2.31. The molecule has 77 heavy (non-hydrogen) atoms. The number of hydrogen-bond donors (Lipinski definition) is 9. The highest BCUT2D eigenvalue weighted by Gasteiger charge is 2.49. The summed E-state index contributed by atoms with van der Waals surface area (Å²) >= 11 is 0. The smallest absolute Gasteiger partial charge is 0.408 e. The molecule has 3 rings (SSSR count). The lowest BCUT2D eigenvalue weighted by atomic mass is 9.79. The largest absolute Gasteiger partial charge is 0.444 e. The molecule has 3 heterocycles. The lowest BCUT2D eigenvalue weighted by molar-refractivity contribution is -0.318. The first kappa shape index (κ1) is 66.4. The van der Waals surface area contributed by atoms with E-state index in [1.165, 1.54) is 11.6 Å². The number of carbonyl (C=O) groups is 5.